The lowest BCUT2D eigenvalue weighted by Crippen LogP contribution is -2.28. The van der Waals surface area contributed by atoms with Gasteiger partial charge >= 0.3 is 0 Å². The molecule has 100 valence electrons. The van der Waals surface area contributed by atoms with Crippen LogP contribution in [0.3, 0.4) is 0 Å². The molecule has 1 aromatic carbocycles. The predicted octanol–water partition coefficient (Wildman–Crippen LogP) is 2.11. The van der Waals surface area contributed by atoms with Gasteiger partial charge in [0.25, 0.3) is 0 Å². The van der Waals surface area contributed by atoms with Gasteiger partial charge in [-0.25, -0.2) is 0 Å². The largest absolute Gasteiger partial charge is 0.494 e. The summed E-state index contributed by atoms with van der Waals surface area (Å²) >= 11 is 0. The summed E-state index contributed by atoms with van der Waals surface area (Å²) < 4.78 is 5.80. The number of rotatable bonds is 5. The third kappa shape index (κ3) is 4.00. The second-order valence-electron chi connectivity index (χ2n) is 5.37. The van der Waals surface area contributed by atoms with Crippen LogP contribution >= 0.6 is 0 Å². The van der Waals surface area contributed by atoms with Crippen LogP contribution in [0.5, 0.6) is 5.75 Å². The van der Waals surface area contributed by atoms with E-state index in [4.69, 9.17) is 10.5 Å². The molecule has 0 saturated carbocycles. The molecule has 1 aromatic rings. The lowest BCUT2D eigenvalue weighted by Gasteiger charge is -2.15. The molecule has 18 heavy (non-hydrogen) atoms. The van der Waals surface area contributed by atoms with Crippen LogP contribution in [-0.2, 0) is 0 Å². The molecule has 1 heterocycles. The molecular formula is C15H24N2O. The third-order valence-electron chi connectivity index (χ3n) is 3.39. The number of hydrogen-bond acceptors (Lipinski definition) is 3. The van der Waals surface area contributed by atoms with Crippen LogP contribution in [0, 0.1) is 13.8 Å². The minimum absolute atomic E-state index is 0.380. The molecule has 3 heteroatoms. The van der Waals surface area contributed by atoms with Gasteiger partial charge in [-0.2, -0.15) is 0 Å². The molecule has 0 radical (unpaired) electrons. The summed E-state index contributed by atoms with van der Waals surface area (Å²) in [6, 6.07) is 6.74. The molecule has 2 N–H and O–H groups in total. The van der Waals surface area contributed by atoms with Crippen molar-refractivity contribution >= 4 is 0 Å². The maximum atomic E-state index is 5.88. The Hall–Kier alpha value is -1.06. The second-order valence-corrected chi connectivity index (χ2v) is 5.37. The molecular weight excluding hydrogens is 224 g/mol. The van der Waals surface area contributed by atoms with E-state index in [1.165, 1.54) is 11.1 Å². The third-order valence-corrected chi connectivity index (χ3v) is 3.39. The maximum Gasteiger partial charge on any atom is 0.119 e. The Morgan fingerprint density at radius 2 is 2.00 bits per heavy atom. The van der Waals surface area contributed by atoms with Crippen LogP contribution in [0.4, 0.5) is 0 Å². The topological polar surface area (TPSA) is 38.5 Å². The van der Waals surface area contributed by atoms with Crippen molar-refractivity contribution in [2.24, 2.45) is 5.73 Å². The van der Waals surface area contributed by atoms with Gasteiger partial charge in [0.2, 0.25) is 0 Å². The fraction of sp³-hybridized carbons (Fsp3) is 0.600. The van der Waals surface area contributed by atoms with E-state index < -0.39 is 0 Å². The van der Waals surface area contributed by atoms with Crippen molar-refractivity contribution in [2.75, 3.05) is 26.2 Å². The number of benzene rings is 1. The SMILES string of the molecule is Cc1cc(C)cc(OCCCN2CC[C@@H](N)C2)c1. The maximum absolute atomic E-state index is 5.88. The molecule has 1 aliphatic heterocycles. The van der Waals surface area contributed by atoms with Gasteiger partial charge in [-0.15, -0.1) is 0 Å². The molecule has 1 fully saturated rings. The fourth-order valence-corrected chi connectivity index (χ4v) is 2.56. The van der Waals surface area contributed by atoms with Crippen molar-refractivity contribution in [1.29, 1.82) is 0 Å². The normalized spacial score (nSPS) is 20.3. The molecule has 1 aliphatic rings. The van der Waals surface area contributed by atoms with E-state index in [2.05, 4.69) is 36.9 Å². The van der Waals surface area contributed by atoms with E-state index in [-0.39, 0.29) is 0 Å². The average molecular weight is 248 g/mol. The minimum atomic E-state index is 0.380. The Kier molecular flexibility index (Phi) is 4.61. The van der Waals surface area contributed by atoms with Gasteiger partial charge in [0.05, 0.1) is 6.61 Å². The van der Waals surface area contributed by atoms with E-state index in [1.54, 1.807) is 0 Å². The molecule has 0 aromatic heterocycles. The number of ether oxygens (including phenoxy) is 1. The van der Waals surface area contributed by atoms with Crippen LogP contribution in [0.2, 0.25) is 0 Å². The summed E-state index contributed by atoms with van der Waals surface area (Å²) in [6.45, 7) is 8.28. The number of likely N-dealkylation sites (tertiary alicyclic amines) is 1. The summed E-state index contributed by atoms with van der Waals surface area (Å²) in [4.78, 5) is 2.43. The van der Waals surface area contributed by atoms with Crippen molar-refractivity contribution in [3.05, 3.63) is 29.3 Å². The van der Waals surface area contributed by atoms with E-state index in [9.17, 15) is 0 Å². The second kappa shape index (κ2) is 6.21. The van der Waals surface area contributed by atoms with E-state index in [1.807, 2.05) is 0 Å². The first-order valence-corrected chi connectivity index (χ1v) is 6.82. The highest BCUT2D eigenvalue weighted by molar-refractivity contribution is 5.32. The average Bonchev–Trinajstić information content (AvgIpc) is 2.69. The Morgan fingerprint density at radius 3 is 2.61 bits per heavy atom. The quantitative estimate of drug-likeness (QED) is 0.811. The fourth-order valence-electron chi connectivity index (χ4n) is 2.56. The summed E-state index contributed by atoms with van der Waals surface area (Å²) in [7, 11) is 0. The van der Waals surface area contributed by atoms with E-state index in [0.29, 0.717) is 6.04 Å². The zero-order valence-electron chi connectivity index (χ0n) is 11.5. The van der Waals surface area contributed by atoms with E-state index >= 15 is 0 Å². The van der Waals surface area contributed by atoms with Gasteiger partial charge in [-0.3, -0.25) is 0 Å². The Morgan fingerprint density at radius 1 is 1.28 bits per heavy atom. The minimum Gasteiger partial charge on any atom is -0.494 e. The standard InChI is InChI=1S/C15H24N2O/c1-12-8-13(2)10-15(9-12)18-7-3-5-17-6-4-14(16)11-17/h8-10,14H,3-7,11,16H2,1-2H3/t14-/m1/s1. The van der Waals surface area contributed by atoms with Crippen LogP contribution in [-0.4, -0.2) is 37.2 Å². The molecule has 3 nitrogen and oxygen atoms in total. The monoisotopic (exact) mass is 248 g/mol. The van der Waals surface area contributed by atoms with Crippen LogP contribution in [0.1, 0.15) is 24.0 Å². The van der Waals surface area contributed by atoms with Gasteiger partial charge in [0.1, 0.15) is 5.75 Å². The van der Waals surface area contributed by atoms with Crippen LogP contribution in [0.15, 0.2) is 18.2 Å². The van der Waals surface area contributed by atoms with Crippen LogP contribution < -0.4 is 10.5 Å². The molecule has 1 atom stereocenters. The number of nitrogens with two attached hydrogens (primary N) is 1. The van der Waals surface area contributed by atoms with Crippen molar-refractivity contribution < 1.29 is 4.74 Å². The predicted molar refractivity (Wildman–Crippen MR) is 75.1 cm³/mol. The lowest BCUT2D eigenvalue weighted by atomic mass is 10.1. The van der Waals surface area contributed by atoms with Gasteiger partial charge in [0.15, 0.2) is 0 Å². The van der Waals surface area contributed by atoms with Crippen molar-refractivity contribution in [2.45, 2.75) is 32.7 Å². The van der Waals surface area contributed by atoms with Gasteiger partial charge in [0, 0.05) is 19.1 Å². The highest BCUT2D eigenvalue weighted by Gasteiger charge is 2.17. The molecule has 1 saturated heterocycles. The zero-order chi connectivity index (χ0) is 13.0. The number of hydrogen-bond donors (Lipinski definition) is 1. The van der Waals surface area contributed by atoms with Crippen molar-refractivity contribution in [1.82, 2.24) is 4.90 Å². The highest BCUT2D eigenvalue weighted by Crippen LogP contribution is 2.16. The first kappa shape index (κ1) is 13.4. The Balaban J connectivity index is 1.68. The Bertz CT molecular complexity index is 372. The molecule has 0 amide bonds. The van der Waals surface area contributed by atoms with Gasteiger partial charge in [-0.05, 0) is 56.5 Å². The number of nitrogens with zero attached hydrogens (tertiary/aromatic N) is 1. The smallest absolute Gasteiger partial charge is 0.119 e. The summed E-state index contributed by atoms with van der Waals surface area (Å²) in [6.07, 6.45) is 2.21. The first-order chi connectivity index (χ1) is 8.63. The van der Waals surface area contributed by atoms with Gasteiger partial charge < -0.3 is 15.4 Å². The molecule has 0 unspecified atom stereocenters. The van der Waals surface area contributed by atoms with E-state index in [0.717, 1.165) is 44.8 Å². The van der Waals surface area contributed by atoms with Crippen molar-refractivity contribution in [3.8, 4) is 5.75 Å². The zero-order valence-corrected chi connectivity index (χ0v) is 11.5. The van der Waals surface area contributed by atoms with Crippen molar-refractivity contribution in [3.63, 3.8) is 0 Å². The molecule has 0 spiro atoms. The lowest BCUT2D eigenvalue weighted by molar-refractivity contribution is 0.261. The molecule has 0 bridgehead atoms. The Labute approximate surface area is 110 Å². The first-order valence-electron chi connectivity index (χ1n) is 6.82. The summed E-state index contributed by atoms with van der Waals surface area (Å²) in [5, 5.41) is 0. The highest BCUT2D eigenvalue weighted by atomic mass is 16.5. The van der Waals surface area contributed by atoms with Gasteiger partial charge in [-0.1, -0.05) is 6.07 Å². The summed E-state index contributed by atoms with van der Waals surface area (Å²) in [5.41, 5.74) is 8.40. The molecule has 0 aliphatic carbocycles. The molecule has 2 rings (SSSR count). The number of aryl methyl sites for hydroxylation is 2. The summed E-state index contributed by atoms with van der Waals surface area (Å²) in [5.74, 6) is 0.991. The van der Waals surface area contributed by atoms with Crippen LogP contribution in [0.25, 0.3) is 0 Å².